The molecule has 0 bridgehead atoms. The summed E-state index contributed by atoms with van der Waals surface area (Å²) in [6, 6.07) is 11.9. The third kappa shape index (κ3) is 6.01. The first-order valence-electron chi connectivity index (χ1n) is 10.1. The molecular weight excluding hydrogens is 431 g/mol. The summed E-state index contributed by atoms with van der Waals surface area (Å²) in [7, 11) is 1.25. The highest BCUT2D eigenvalue weighted by molar-refractivity contribution is 6.42. The SMILES string of the molecule is CONC(=O)c1ccc(F)cc(C(=O)C(=O)N2CCN(C(=O)c3ccccc3)CC2)c[nH]c1. The molecule has 1 saturated heterocycles. The van der Waals surface area contributed by atoms with Crippen LogP contribution in [0.2, 0.25) is 0 Å². The molecule has 1 fully saturated rings. The smallest absolute Gasteiger partial charge is 0.295 e. The van der Waals surface area contributed by atoms with Crippen LogP contribution in [0.5, 0.6) is 0 Å². The summed E-state index contributed by atoms with van der Waals surface area (Å²) in [5, 5.41) is 0. The highest BCUT2D eigenvalue weighted by Crippen LogP contribution is 2.11. The van der Waals surface area contributed by atoms with Crippen LogP contribution in [0.15, 0.2) is 60.9 Å². The van der Waals surface area contributed by atoms with Gasteiger partial charge in [0.25, 0.3) is 23.5 Å². The van der Waals surface area contributed by atoms with Gasteiger partial charge in [-0.15, -0.1) is 0 Å². The van der Waals surface area contributed by atoms with E-state index in [1.165, 1.54) is 24.3 Å². The zero-order chi connectivity index (χ0) is 23.8. The lowest BCUT2D eigenvalue weighted by atomic mass is 10.1. The Morgan fingerprint density at radius 3 is 2.18 bits per heavy atom. The van der Waals surface area contributed by atoms with Crippen molar-refractivity contribution in [2.45, 2.75) is 0 Å². The van der Waals surface area contributed by atoms with Crippen molar-refractivity contribution >= 4 is 23.5 Å². The zero-order valence-corrected chi connectivity index (χ0v) is 17.9. The molecule has 0 spiro atoms. The molecule has 1 aromatic heterocycles. The van der Waals surface area contributed by atoms with Crippen molar-refractivity contribution in [2.75, 3.05) is 33.3 Å². The van der Waals surface area contributed by atoms with E-state index in [0.717, 1.165) is 18.3 Å². The van der Waals surface area contributed by atoms with Gasteiger partial charge in [-0.3, -0.25) is 24.0 Å². The van der Waals surface area contributed by atoms with Gasteiger partial charge in [-0.1, -0.05) is 18.2 Å². The van der Waals surface area contributed by atoms with Crippen LogP contribution >= 0.6 is 0 Å². The monoisotopic (exact) mass is 454 g/mol. The van der Waals surface area contributed by atoms with Crippen molar-refractivity contribution in [3.05, 3.63) is 83.4 Å². The molecule has 2 N–H and O–H groups in total. The Hall–Kier alpha value is -4.05. The number of benzene rings is 1. The van der Waals surface area contributed by atoms with Crippen molar-refractivity contribution in [2.24, 2.45) is 0 Å². The van der Waals surface area contributed by atoms with E-state index in [4.69, 9.17) is 0 Å². The minimum atomic E-state index is -0.910. The highest BCUT2D eigenvalue weighted by atomic mass is 19.1. The molecular formula is C23H23FN4O5. The lowest BCUT2D eigenvalue weighted by Crippen LogP contribution is -2.52. The van der Waals surface area contributed by atoms with Gasteiger partial charge in [-0.2, -0.15) is 0 Å². The van der Waals surface area contributed by atoms with Gasteiger partial charge in [-0.05, 0) is 30.3 Å². The number of halogens is 1. The fourth-order valence-electron chi connectivity index (χ4n) is 3.24. The fourth-order valence-corrected chi connectivity index (χ4v) is 3.24. The first-order chi connectivity index (χ1) is 15.9. The number of carbonyl (C=O) groups is 4. The second-order valence-electron chi connectivity index (χ2n) is 7.14. The Balaban J connectivity index is 1.71. The normalized spacial score (nSPS) is 13.2. The largest absolute Gasteiger partial charge is 0.366 e. The van der Waals surface area contributed by atoms with Crippen molar-refractivity contribution in [3.63, 3.8) is 0 Å². The summed E-state index contributed by atoms with van der Waals surface area (Å²) in [4.78, 5) is 60.0. The number of amides is 3. The van der Waals surface area contributed by atoms with Gasteiger partial charge in [-0.25, -0.2) is 9.87 Å². The average Bonchev–Trinajstić information content (AvgIpc) is 2.94. The van der Waals surface area contributed by atoms with E-state index in [1.54, 1.807) is 29.2 Å². The molecule has 10 heteroatoms. The standard InChI is InChI=1S/C23H23FN4O5/c1-33-26-21(30)17-7-8-19(24)13-18(15-25-14-17)20(29)23(32)28-11-9-27(10-12-28)22(31)16-5-3-2-4-6-16/h2-8,13-15,25H,9-12H2,1H3,(H,26,30). The van der Waals surface area contributed by atoms with Gasteiger partial charge in [0, 0.05) is 49.7 Å². The number of aromatic nitrogens is 1. The molecule has 2 heterocycles. The van der Waals surface area contributed by atoms with Gasteiger partial charge in [0.1, 0.15) is 5.82 Å². The number of hydrogen-bond donors (Lipinski definition) is 2. The number of aromatic amines is 1. The Morgan fingerprint density at radius 2 is 1.52 bits per heavy atom. The molecule has 0 aliphatic carbocycles. The molecule has 33 heavy (non-hydrogen) atoms. The molecule has 9 nitrogen and oxygen atoms in total. The topological polar surface area (TPSA) is 112 Å². The number of hydroxylamine groups is 1. The summed E-state index contributed by atoms with van der Waals surface area (Å²) in [5.74, 6) is -3.30. The first kappa shape index (κ1) is 23.6. The summed E-state index contributed by atoms with van der Waals surface area (Å²) in [6.07, 6.45) is 2.38. The van der Waals surface area contributed by atoms with Crippen molar-refractivity contribution < 1.29 is 28.4 Å². The van der Waals surface area contributed by atoms with E-state index in [-0.39, 0.29) is 43.2 Å². The number of nitrogens with one attached hydrogen (secondary N) is 2. The number of carbonyl (C=O) groups excluding carboxylic acids is 4. The van der Waals surface area contributed by atoms with Gasteiger partial charge in [0.15, 0.2) is 0 Å². The van der Waals surface area contributed by atoms with Gasteiger partial charge >= 0.3 is 0 Å². The van der Waals surface area contributed by atoms with Crippen molar-refractivity contribution in [1.82, 2.24) is 20.3 Å². The van der Waals surface area contributed by atoms with E-state index >= 15 is 0 Å². The molecule has 0 saturated carbocycles. The van der Waals surface area contributed by atoms with Gasteiger partial charge < -0.3 is 14.8 Å². The molecule has 0 atom stereocenters. The average molecular weight is 454 g/mol. The van der Waals surface area contributed by atoms with Crippen LogP contribution in [-0.2, 0) is 9.63 Å². The highest BCUT2D eigenvalue weighted by Gasteiger charge is 2.29. The first-order valence-corrected chi connectivity index (χ1v) is 10.1. The van der Waals surface area contributed by atoms with Gasteiger partial charge in [0.05, 0.1) is 12.7 Å². The number of H-pyrrole nitrogens is 1. The van der Waals surface area contributed by atoms with E-state index < -0.39 is 23.4 Å². The number of hydrogen-bond acceptors (Lipinski definition) is 5. The second kappa shape index (κ2) is 11.0. The van der Waals surface area contributed by atoms with E-state index in [0.29, 0.717) is 5.56 Å². The number of ketones is 1. The van der Waals surface area contributed by atoms with Crippen molar-refractivity contribution in [3.8, 4) is 0 Å². The van der Waals surface area contributed by atoms with Crippen LogP contribution in [0.1, 0.15) is 31.1 Å². The lowest BCUT2D eigenvalue weighted by Gasteiger charge is -2.34. The molecule has 0 radical (unpaired) electrons. The minimum absolute atomic E-state index is 0.0379. The number of piperazine rings is 1. The molecule has 3 amide bonds. The minimum Gasteiger partial charge on any atom is -0.366 e. The third-order valence-electron chi connectivity index (χ3n) is 4.98. The van der Waals surface area contributed by atoms with Crippen LogP contribution in [0.25, 0.3) is 0 Å². The van der Waals surface area contributed by atoms with Crippen LogP contribution < -0.4 is 5.48 Å². The predicted octanol–water partition coefficient (Wildman–Crippen LogP) is 1.74. The van der Waals surface area contributed by atoms with E-state index in [1.807, 2.05) is 6.07 Å². The Kier molecular flexibility index (Phi) is 7.87. The summed E-state index contributed by atoms with van der Waals surface area (Å²) in [5.41, 5.74) is 2.47. The zero-order valence-electron chi connectivity index (χ0n) is 17.9. The molecule has 172 valence electrons. The van der Waals surface area contributed by atoms with E-state index in [2.05, 4.69) is 15.3 Å². The maximum absolute atomic E-state index is 14.2. The van der Waals surface area contributed by atoms with Gasteiger partial charge in [0.2, 0.25) is 0 Å². The molecule has 1 aliphatic rings. The molecule has 3 rings (SSSR count). The lowest BCUT2D eigenvalue weighted by molar-refractivity contribution is -0.127. The van der Waals surface area contributed by atoms with E-state index in [9.17, 15) is 23.6 Å². The Bertz CT molecular complexity index is 1090. The van der Waals surface area contributed by atoms with Crippen molar-refractivity contribution in [1.29, 1.82) is 0 Å². The van der Waals surface area contributed by atoms with Crippen LogP contribution in [0, 0.1) is 5.82 Å². The molecule has 2 aromatic rings. The summed E-state index contributed by atoms with van der Waals surface area (Å²) in [6.45, 7) is 0.907. The molecule has 1 aromatic carbocycles. The Morgan fingerprint density at radius 1 is 0.879 bits per heavy atom. The quantitative estimate of drug-likeness (QED) is 0.406. The summed E-state index contributed by atoms with van der Waals surface area (Å²) < 4.78 is 14.2. The second-order valence-corrected chi connectivity index (χ2v) is 7.14. The third-order valence-corrected chi connectivity index (χ3v) is 4.98. The number of rotatable bonds is 5. The van der Waals surface area contributed by atoms with Crippen LogP contribution in [0.4, 0.5) is 4.39 Å². The van der Waals surface area contributed by atoms with Crippen LogP contribution in [-0.4, -0.2) is 71.6 Å². The number of nitrogens with zero attached hydrogens (tertiary/aromatic N) is 2. The number of Topliss-reactive ketones (excluding diaryl/α,β-unsaturated/α-hetero) is 1. The fraction of sp³-hybridized carbons (Fsp3) is 0.217. The summed E-state index contributed by atoms with van der Waals surface area (Å²) >= 11 is 0. The molecule has 0 unspecified atom stereocenters. The predicted molar refractivity (Wildman–Crippen MR) is 116 cm³/mol. The maximum Gasteiger partial charge on any atom is 0.295 e. The molecule has 1 aliphatic heterocycles. The Labute approximate surface area is 189 Å². The van der Waals surface area contributed by atoms with Crippen LogP contribution in [0.3, 0.4) is 0 Å². The maximum atomic E-state index is 14.2.